The second-order valence-electron chi connectivity index (χ2n) is 3.75. The number of pyridine rings is 1. The summed E-state index contributed by atoms with van der Waals surface area (Å²) in [6.07, 6.45) is 1.64. The number of hydrogen-bond donors (Lipinski definition) is 0. The van der Waals surface area contributed by atoms with Gasteiger partial charge in [-0.2, -0.15) is 0 Å². The minimum atomic E-state index is -0.207. The van der Waals surface area contributed by atoms with Crippen LogP contribution in [0, 0.1) is 0 Å². The molecule has 0 saturated heterocycles. The fourth-order valence-electron chi connectivity index (χ4n) is 0.862. The number of methoxy groups -OCH3 is 1. The van der Waals surface area contributed by atoms with E-state index in [1.807, 2.05) is 26.8 Å². The number of aromatic nitrogens is 1. The number of hydrogen-bond acceptors (Lipinski definition) is 3. The molecular formula is C10H15NO2. The summed E-state index contributed by atoms with van der Waals surface area (Å²) in [5, 5.41) is 0. The number of ether oxygens (including phenoxy) is 2. The molecule has 1 heterocycles. The lowest BCUT2D eigenvalue weighted by atomic mass is 10.2. The highest BCUT2D eigenvalue weighted by atomic mass is 16.5. The average Bonchev–Trinajstić information content (AvgIpc) is 2.03. The van der Waals surface area contributed by atoms with Crippen LogP contribution in [0.2, 0.25) is 0 Å². The van der Waals surface area contributed by atoms with E-state index in [0.717, 1.165) is 5.75 Å². The molecule has 0 unspecified atom stereocenters. The Balaban J connectivity index is 2.70. The van der Waals surface area contributed by atoms with Gasteiger partial charge < -0.3 is 9.47 Å². The molecule has 0 saturated carbocycles. The van der Waals surface area contributed by atoms with Crippen molar-refractivity contribution in [3.63, 3.8) is 0 Å². The quantitative estimate of drug-likeness (QED) is 0.701. The van der Waals surface area contributed by atoms with Gasteiger partial charge in [0.2, 0.25) is 5.88 Å². The first-order valence-corrected chi connectivity index (χ1v) is 4.20. The van der Waals surface area contributed by atoms with Crippen molar-refractivity contribution in [1.82, 2.24) is 4.98 Å². The van der Waals surface area contributed by atoms with Crippen LogP contribution >= 0.6 is 0 Å². The fraction of sp³-hybridized carbons (Fsp3) is 0.500. The van der Waals surface area contributed by atoms with Gasteiger partial charge in [-0.05, 0) is 26.8 Å². The molecule has 0 radical (unpaired) electrons. The first kappa shape index (κ1) is 9.84. The Morgan fingerprint density at radius 3 is 2.31 bits per heavy atom. The Morgan fingerprint density at radius 2 is 1.92 bits per heavy atom. The van der Waals surface area contributed by atoms with Crippen LogP contribution in [-0.2, 0) is 0 Å². The van der Waals surface area contributed by atoms with Crippen molar-refractivity contribution in [2.24, 2.45) is 0 Å². The highest BCUT2D eigenvalue weighted by molar-refractivity contribution is 5.22. The van der Waals surface area contributed by atoms with E-state index in [2.05, 4.69) is 4.98 Å². The van der Waals surface area contributed by atoms with E-state index in [1.54, 1.807) is 19.4 Å². The van der Waals surface area contributed by atoms with Crippen LogP contribution in [0.15, 0.2) is 18.3 Å². The largest absolute Gasteiger partial charge is 0.495 e. The van der Waals surface area contributed by atoms with E-state index in [0.29, 0.717) is 5.88 Å². The predicted molar refractivity (Wildman–Crippen MR) is 51.2 cm³/mol. The third-order valence-corrected chi connectivity index (χ3v) is 1.36. The number of nitrogens with zero attached hydrogens (tertiary/aromatic N) is 1. The summed E-state index contributed by atoms with van der Waals surface area (Å²) in [6, 6.07) is 3.62. The normalized spacial score (nSPS) is 11.1. The molecule has 0 aliphatic rings. The average molecular weight is 181 g/mol. The summed E-state index contributed by atoms with van der Waals surface area (Å²) in [5.74, 6) is 1.36. The van der Waals surface area contributed by atoms with Gasteiger partial charge in [0.15, 0.2) is 0 Å². The third-order valence-electron chi connectivity index (χ3n) is 1.36. The first-order valence-electron chi connectivity index (χ1n) is 4.20. The van der Waals surface area contributed by atoms with Crippen LogP contribution < -0.4 is 9.47 Å². The van der Waals surface area contributed by atoms with E-state index in [9.17, 15) is 0 Å². The molecule has 0 aromatic carbocycles. The molecule has 3 nitrogen and oxygen atoms in total. The van der Waals surface area contributed by atoms with Crippen molar-refractivity contribution in [3.05, 3.63) is 18.3 Å². The maximum Gasteiger partial charge on any atom is 0.213 e. The zero-order chi connectivity index (χ0) is 9.90. The Morgan fingerprint density at radius 1 is 1.23 bits per heavy atom. The van der Waals surface area contributed by atoms with Crippen LogP contribution in [0.5, 0.6) is 11.6 Å². The molecule has 0 fully saturated rings. The van der Waals surface area contributed by atoms with Gasteiger partial charge in [-0.25, -0.2) is 4.98 Å². The van der Waals surface area contributed by atoms with E-state index >= 15 is 0 Å². The molecule has 3 heteroatoms. The van der Waals surface area contributed by atoms with Crippen molar-refractivity contribution in [2.75, 3.05) is 7.11 Å². The Hall–Kier alpha value is -1.25. The van der Waals surface area contributed by atoms with Gasteiger partial charge in [0.1, 0.15) is 11.4 Å². The van der Waals surface area contributed by atoms with Gasteiger partial charge >= 0.3 is 0 Å². The highest BCUT2D eigenvalue weighted by Gasteiger charge is 2.12. The lowest BCUT2D eigenvalue weighted by Crippen LogP contribution is -2.23. The molecule has 0 aliphatic carbocycles. The lowest BCUT2D eigenvalue weighted by Gasteiger charge is -2.20. The summed E-state index contributed by atoms with van der Waals surface area (Å²) < 4.78 is 10.5. The molecule has 1 rings (SSSR count). The summed E-state index contributed by atoms with van der Waals surface area (Å²) in [7, 11) is 1.61. The van der Waals surface area contributed by atoms with E-state index in [1.165, 1.54) is 0 Å². The molecule has 1 aromatic heterocycles. The SMILES string of the molecule is COc1ccc(OC(C)(C)C)nc1. The van der Waals surface area contributed by atoms with Gasteiger partial charge in [0.25, 0.3) is 0 Å². The predicted octanol–water partition coefficient (Wildman–Crippen LogP) is 2.27. The summed E-state index contributed by atoms with van der Waals surface area (Å²) >= 11 is 0. The smallest absolute Gasteiger partial charge is 0.213 e. The Bertz CT molecular complexity index is 261. The van der Waals surface area contributed by atoms with Gasteiger partial charge in [0, 0.05) is 6.07 Å². The van der Waals surface area contributed by atoms with Crippen LogP contribution in [0.4, 0.5) is 0 Å². The monoisotopic (exact) mass is 181 g/mol. The van der Waals surface area contributed by atoms with Gasteiger partial charge in [-0.3, -0.25) is 0 Å². The molecule has 0 aliphatic heterocycles. The fourth-order valence-corrected chi connectivity index (χ4v) is 0.862. The first-order chi connectivity index (χ1) is 6.01. The zero-order valence-corrected chi connectivity index (χ0v) is 8.50. The van der Waals surface area contributed by atoms with E-state index in [4.69, 9.17) is 9.47 Å². The topological polar surface area (TPSA) is 31.4 Å². The minimum Gasteiger partial charge on any atom is -0.495 e. The van der Waals surface area contributed by atoms with Crippen LogP contribution in [-0.4, -0.2) is 17.7 Å². The van der Waals surface area contributed by atoms with Crippen molar-refractivity contribution >= 4 is 0 Å². The van der Waals surface area contributed by atoms with Crippen molar-refractivity contribution < 1.29 is 9.47 Å². The molecule has 0 atom stereocenters. The Labute approximate surface area is 78.7 Å². The third kappa shape index (κ3) is 3.32. The second-order valence-corrected chi connectivity index (χ2v) is 3.75. The second kappa shape index (κ2) is 3.64. The maximum atomic E-state index is 5.53. The molecule has 13 heavy (non-hydrogen) atoms. The van der Waals surface area contributed by atoms with Crippen LogP contribution in [0.25, 0.3) is 0 Å². The van der Waals surface area contributed by atoms with Crippen molar-refractivity contribution in [3.8, 4) is 11.6 Å². The highest BCUT2D eigenvalue weighted by Crippen LogP contribution is 2.17. The molecule has 0 amide bonds. The summed E-state index contributed by atoms with van der Waals surface area (Å²) in [6.45, 7) is 5.96. The molecule has 1 aromatic rings. The van der Waals surface area contributed by atoms with E-state index < -0.39 is 0 Å². The van der Waals surface area contributed by atoms with Crippen LogP contribution in [0.1, 0.15) is 20.8 Å². The molecule has 0 spiro atoms. The minimum absolute atomic E-state index is 0.207. The van der Waals surface area contributed by atoms with E-state index in [-0.39, 0.29) is 5.60 Å². The molecule has 0 bridgehead atoms. The van der Waals surface area contributed by atoms with Gasteiger partial charge in [0.05, 0.1) is 13.3 Å². The lowest BCUT2D eigenvalue weighted by molar-refractivity contribution is 0.124. The van der Waals surface area contributed by atoms with Gasteiger partial charge in [-0.1, -0.05) is 0 Å². The molecular weight excluding hydrogens is 166 g/mol. The van der Waals surface area contributed by atoms with Crippen molar-refractivity contribution in [1.29, 1.82) is 0 Å². The maximum absolute atomic E-state index is 5.53. The molecule has 72 valence electrons. The van der Waals surface area contributed by atoms with Crippen molar-refractivity contribution in [2.45, 2.75) is 26.4 Å². The molecule has 0 N–H and O–H groups in total. The van der Waals surface area contributed by atoms with Crippen LogP contribution in [0.3, 0.4) is 0 Å². The van der Waals surface area contributed by atoms with Gasteiger partial charge in [-0.15, -0.1) is 0 Å². The Kier molecular flexibility index (Phi) is 2.76. The summed E-state index contributed by atoms with van der Waals surface area (Å²) in [5.41, 5.74) is -0.207. The standard InChI is InChI=1S/C10H15NO2/c1-10(2,3)13-9-6-5-8(12-4)7-11-9/h5-7H,1-4H3. The zero-order valence-electron chi connectivity index (χ0n) is 8.50. The summed E-state index contributed by atoms with van der Waals surface area (Å²) in [4.78, 5) is 4.09. The number of rotatable bonds is 2.